The van der Waals surface area contributed by atoms with Gasteiger partial charge in [-0.25, -0.2) is 13.2 Å². The number of rotatable bonds is 5. The molecule has 5 heteroatoms. The maximum atomic E-state index is 14.1. The second-order valence-corrected chi connectivity index (χ2v) is 5.59. The minimum atomic E-state index is -0.520. The van der Waals surface area contributed by atoms with Gasteiger partial charge in [0.15, 0.2) is 0 Å². The second-order valence-electron chi connectivity index (χ2n) is 4.73. The summed E-state index contributed by atoms with van der Waals surface area (Å²) in [6.45, 7) is 2.48. The molecular formula is C16H15BrF3N. The van der Waals surface area contributed by atoms with Crippen LogP contribution in [0.3, 0.4) is 0 Å². The van der Waals surface area contributed by atoms with E-state index in [0.29, 0.717) is 13.0 Å². The van der Waals surface area contributed by atoms with Crippen LogP contribution in [0.4, 0.5) is 13.2 Å². The Hall–Kier alpha value is -1.33. The summed E-state index contributed by atoms with van der Waals surface area (Å²) in [5.74, 6) is -1.36. The molecule has 0 heterocycles. The van der Waals surface area contributed by atoms with Crippen LogP contribution in [-0.2, 0) is 6.42 Å². The fourth-order valence-corrected chi connectivity index (χ4v) is 2.56. The first-order chi connectivity index (χ1) is 10.0. The molecule has 1 unspecified atom stereocenters. The van der Waals surface area contributed by atoms with E-state index in [1.165, 1.54) is 18.2 Å². The lowest BCUT2D eigenvalue weighted by molar-refractivity contribution is 0.499. The molecule has 0 aliphatic carbocycles. The largest absolute Gasteiger partial charge is 0.310 e. The third-order valence-electron chi connectivity index (χ3n) is 3.19. The highest BCUT2D eigenvalue weighted by molar-refractivity contribution is 9.10. The molecule has 0 aliphatic heterocycles. The van der Waals surface area contributed by atoms with Crippen LogP contribution in [-0.4, -0.2) is 6.54 Å². The zero-order valence-corrected chi connectivity index (χ0v) is 13.1. The summed E-state index contributed by atoms with van der Waals surface area (Å²) in [5, 5.41) is 3.11. The van der Waals surface area contributed by atoms with Crippen LogP contribution in [0.15, 0.2) is 40.9 Å². The SMILES string of the molecule is CCNC(Cc1cccc(F)c1)c1cc(F)c(Br)cc1F. The van der Waals surface area contributed by atoms with E-state index in [1.54, 1.807) is 12.1 Å². The predicted molar refractivity (Wildman–Crippen MR) is 80.6 cm³/mol. The van der Waals surface area contributed by atoms with Crippen molar-refractivity contribution in [1.82, 2.24) is 5.32 Å². The lowest BCUT2D eigenvalue weighted by Crippen LogP contribution is -2.24. The minimum absolute atomic E-state index is 0.0877. The van der Waals surface area contributed by atoms with Crippen LogP contribution in [0.2, 0.25) is 0 Å². The molecule has 112 valence electrons. The van der Waals surface area contributed by atoms with E-state index in [-0.39, 0.29) is 15.9 Å². The molecular weight excluding hydrogens is 343 g/mol. The Morgan fingerprint density at radius 3 is 2.52 bits per heavy atom. The van der Waals surface area contributed by atoms with E-state index in [9.17, 15) is 13.2 Å². The minimum Gasteiger partial charge on any atom is -0.310 e. The van der Waals surface area contributed by atoms with E-state index in [0.717, 1.165) is 11.6 Å². The summed E-state index contributed by atoms with van der Waals surface area (Å²) in [5.41, 5.74) is 0.963. The molecule has 0 aliphatic rings. The average molecular weight is 358 g/mol. The molecule has 0 saturated heterocycles. The lowest BCUT2D eigenvalue weighted by atomic mass is 9.98. The van der Waals surface area contributed by atoms with Crippen molar-refractivity contribution in [3.63, 3.8) is 0 Å². The van der Waals surface area contributed by atoms with Crippen molar-refractivity contribution in [2.24, 2.45) is 0 Å². The van der Waals surface area contributed by atoms with Crippen molar-refractivity contribution < 1.29 is 13.2 Å². The summed E-state index contributed by atoms with van der Waals surface area (Å²) in [6.07, 6.45) is 0.379. The van der Waals surface area contributed by atoms with Crippen molar-refractivity contribution in [1.29, 1.82) is 0 Å². The third kappa shape index (κ3) is 4.08. The first kappa shape index (κ1) is 16.0. The van der Waals surface area contributed by atoms with Gasteiger partial charge < -0.3 is 5.32 Å². The van der Waals surface area contributed by atoms with Gasteiger partial charge in [0.05, 0.1) is 4.47 Å². The topological polar surface area (TPSA) is 12.0 Å². The quantitative estimate of drug-likeness (QED) is 0.760. The Balaban J connectivity index is 2.33. The lowest BCUT2D eigenvalue weighted by Gasteiger charge is -2.19. The summed E-state index contributed by atoms with van der Waals surface area (Å²) in [7, 11) is 0. The Morgan fingerprint density at radius 1 is 1.10 bits per heavy atom. The molecule has 1 nitrogen and oxygen atoms in total. The van der Waals surface area contributed by atoms with Gasteiger partial charge in [-0.2, -0.15) is 0 Å². The van der Waals surface area contributed by atoms with E-state index >= 15 is 0 Å². The molecule has 2 aromatic carbocycles. The van der Waals surface area contributed by atoms with E-state index in [1.807, 2.05) is 6.92 Å². The third-order valence-corrected chi connectivity index (χ3v) is 3.80. The Bertz CT molecular complexity index is 631. The van der Waals surface area contributed by atoms with Crippen molar-refractivity contribution in [3.8, 4) is 0 Å². The summed E-state index contributed by atoms with van der Waals surface area (Å²) < 4.78 is 41.1. The number of hydrogen-bond donors (Lipinski definition) is 1. The summed E-state index contributed by atoms with van der Waals surface area (Å²) in [4.78, 5) is 0. The molecule has 2 aromatic rings. The fourth-order valence-electron chi connectivity index (χ4n) is 2.24. The van der Waals surface area contributed by atoms with Gasteiger partial charge >= 0.3 is 0 Å². The van der Waals surface area contributed by atoms with E-state index in [4.69, 9.17) is 0 Å². The van der Waals surface area contributed by atoms with Crippen molar-refractivity contribution >= 4 is 15.9 Å². The van der Waals surface area contributed by atoms with Crippen LogP contribution in [0, 0.1) is 17.5 Å². The van der Waals surface area contributed by atoms with Gasteiger partial charge in [-0.3, -0.25) is 0 Å². The number of likely N-dealkylation sites (N-methyl/N-ethyl adjacent to an activating group) is 1. The van der Waals surface area contributed by atoms with Gasteiger partial charge in [-0.05, 0) is 58.7 Å². The van der Waals surface area contributed by atoms with Crippen LogP contribution < -0.4 is 5.32 Å². The maximum absolute atomic E-state index is 14.1. The fraction of sp³-hybridized carbons (Fsp3) is 0.250. The number of benzene rings is 2. The zero-order chi connectivity index (χ0) is 15.4. The standard InChI is InChI=1S/C16H15BrF3N/c1-2-21-16(7-10-4-3-5-11(18)6-10)12-8-15(20)13(17)9-14(12)19/h3-6,8-9,16,21H,2,7H2,1H3. The van der Waals surface area contributed by atoms with Crippen molar-refractivity contribution in [3.05, 3.63) is 69.4 Å². The average Bonchev–Trinajstić information content (AvgIpc) is 2.42. The van der Waals surface area contributed by atoms with Crippen LogP contribution in [0.5, 0.6) is 0 Å². The Morgan fingerprint density at radius 2 is 1.86 bits per heavy atom. The highest BCUT2D eigenvalue weighted by atomic mass is 79.9. The van der Waals surface area contributed by atoms with Gasteiger partial charge in [0, 0.05) is 11.6 Å². The van der Waals surface area contributed by atoms with Gasteiger partial charge in [0.25, 0.3) is 0 Å². The Labute approximate surface area is 130 Å². The monoisotopic (exact) mass is 357 g/mol. The summed E-state index contributed by atoms with van der Waals surface area (Å²) >= 11 is 2.96. The van der Waals surface area contributed by atoms with Gasteiger partial charge in [-0.15, -0.1) is 0 Å². The molecule has 0 radical (unpaired) electrons. The molecule has 0 amide bonds. The van der Waals surface area contributed by atoms with Crippen molar-refractivity contribution in [2.45, 2.75) is 19.4 Å². The normalized spacial score (nSPS) is 12.4. The molecule has 0 fully saturated rings. The van der Waals surface area contributed by atoms with Gasteiger partial charge in [0.1, 0.15) is 17.5 Å². The highest BCUT2D eigenvalue weighted by Gasteiger charge is 2.18. The van der Waals surface area contributed by atoms with Crippen LogP contribution in [0.25, 0.3) is 0 Å². The molecule has 0 saturated carbocycles. The predicted octanol–water partition coefficient (Wildman–Crippen LogP) is 4.76. The van der Waals surface area contributed by atoms with Gasteiger partial charge in [0.2, 0.25) is 0 Å². The molecule has 0 aromatic heterocycles. The first-order valence-electron chi connectivity index (χ1n) is 6.63. The first-order valence-corrected chi connectivity index (χ1v) is 7.42. The molecule has 1 atom stereocenters. The second kappa shape index (κ2) is 7.09. The van der Waals surface area contributed by atoms with Crippen LogP contribution >= 0.6 is 15.9 Å². The number of hydrogen-bond acceptors (Lipinski definition) is 1. The van der Waals surface area contributed by atoms with Gasteiger partial charge in [-0.1, -0.05) is 19.1 Å². The van der Waals surface area contributed by atoms with Crippen LogP contribution in [0.1, 0.15) is 24.1 Å². The molecule has 1 N–H and O–H groups in total. The van der Waals surface area contributed by atoms with E-state index in [2.05, 4.69) is 21.2 Å². The smallest absolute Gasteiger partial charge is 0.137 e. The summed E-state index contributed by atoms with van der Waals surface area (Å²) in [6, 6.07) is 7.99. The Kier molecular flexibility index (Phi) is 5.42. The number of halogens is 4. The number of nitrogens with one attached hydrogen (secondary N) is 1. The molecule has 0 bridgehead atoms. The van der Waals surface area contributed by atoms with E-state index < -0.39 is 17.7 Å². The molecule has 21 heavy (non-hydrogen) atoms. The highest BCUT2D eigenvalue weighted by Crippen LogP contribution is 2.26. The zero-order valence-electron chi connectivity index (χ0n) is 11.5. The maximum Gasteiger partial charge on any atom is 0.137 e. The van der Waals surface area contributed by atoms with Crippen molar-refractivity contribution in [2.75, 3.05) is 6.54 Å². The molecule has 0 spiro atoms. The molecule has 2 rings (SSSR count).